The molecule has 4 aromatic carbocycles. The third kappa shape index (κ3) is 6.62. The van der Waals surface area contributed by atoms with Gasteiger partial charge in [0.05, 0.1) is 8.07 Å². The standard InChI is InChI=1S/C40H44Si.2ClH.Zr/c1-7-15-29-23-33(31-17-11-9-12-18-31)35-21-27(3)39(37(35)25-29)41(5,6)40-28(4)22-36-34(32-19-13-10-14-20-32)24-30(16-8-2)26-38(36)40;;;/h9-14,17-26,39-40H,7-8,15-16H2,1-6H3;2*1H;/q;;;+2/p-2. The Morgan fingerprint density at radius 1 is 0.568 bits per heavy atom. The van der Waals surface area contributed by atoms with Crippen molar-refractivity contribution in [1.82, 2.24) is 0 Å². The number of hydrogen-bond acceptors (Lipinski definition) is 0. The number of halogens is 2. The molecule has 0 fully saturated rings. The first-order valence-corrected chi connectivity index (χ1v) is 18.8. The SMILES string of the molecule is CCCc1cc(-c2ccccc2)c2c(c1)C([Si](C)(C)C1C(C)=Cc3c(-c4ccccc4)cc(CCC)cc31)C(C)=C2.[Cl-].[Cl-].[Zr+2]. The molecule has 0 saturated carbocycles. The monoisotopic (exact) mass is 712 g/mol. The summed E-state index contributed by atoms with van der Waals surface area (Å²) in [5.74, 6) is 0. The van der Waals surface area contributed by atoms with Crippen LogP contribution in [-0.2, 0) is 39.0 Å². The molecule has 0 N–H and O–H groups in total. The van der Waals surface area contributed by atoms with Crippen LogP contribution < -0.4 is 24.8 Å². The van der Waals surface area contributed by atoms with Crippen LogP contribution in [0.15, 0.2) is 96.1 Å². The van der Waals surface area contributed by atoms with E-state index in [4.69, 9.17) is 0 Å². The van der Waals surface area contributed by atoms with Crippen LogP contribution in [0.1, 0.15) is 85.0 Å². The smallest absolute Gasteiger partial charge is 1.00 e. The maximum atomic E-state index is 2.67. The summed E-state index contributed by atoms with van der Waals surface area (Å²) in [7, 11) is -1.94. The van der Waals surface area contributed by atoms with Crippen LogP contribution in [0.25, 0.3) is 34.4 Å². The van der Waals surface area contributed by atoms with E-state index in [2.05, 4.69) is 138 Å². The van der Waals surface area contributed by atoms with Crippen molar-refractivity contribution in [3.05, 3.63) is 129 Å². The molecule has 0 bridgehead atoms. The van der Waals surface area contributed by atoms with Gasteiger partial charge in [0.15, 0.2) is 0 Å². The molecule has 4 aromatic rings. The van der Waals surface area contributed by atoms with E-state index in [-0.39, 0.29) is 51.0 Å². The van der Waals surface area contributed by atoms with Crippen LogP contribution in [0, 0.1) is 0 Å². The Morgan fingerprint density at radius 3 is 1.27 bits per heavy atom. The van der Waals surface area contributed by atoms with Crippen molar-refractivity contribution >= 4 is 20.2 Å². The Morgan fingerprint density at radius 2 is 0.932 bits per heavy atom. The summed E-state index contributed by atoms with van der Waals surface area (Å²) in [6.45, 7) is 14.8. The van der Waals surface area contributed by atoms with Crippen LogP contribution in [-0.4, -0.2) is 8.07 Å². The molecule has 0 saturated heterocycles. The second-order valence-corrected chi connectivity index (χ2v) is 17.8. The molecular weight excluding hydrogens is 671 g/mol. The van der Waals surface area contributed by atoms with Crippen molar-refractivity contribution in [3.63, 3.8) is 0 Å². The van der Waals surface area contributed by atoms with Gasteiger partial charge in [-0.3, -0.25) is 0 Å². The minimum Gasteiger partial charge on any atom is -1.00 e. The van der Waals surface area contributed by atoms with Gasteiger partial charge in [0, 0.05) is 11.1 Å². The molecule has 44 heavy (non-hydrogen) atoms. The average molecular weight is 715 g/mol. The predicted molar refractivity (Wildman–Crippen MR) is 182 cm³/mol. The number of fused-ring (bicyclic) bond motifs is 2. The van der Waals surface area contributed by atoms with Gasteiger partial charge in [0.2, 0.25) is 0 Å². The van der Waals surface area contributed by atoms with E-state index >= 15 is 0 Å². The average Bonchev–Trinajstić information content (AvgIpc) is 3.49. The summed E-state index contributed by atoms with van der Waals surface area (Å²) in [6.07, 6.45) is 9.67. The second kappa shape index (κ2) is 15.1. The summed E-state index contributed by atoms with van der Waals surface area (Å²) >= 11 is 0. The van der Waals surface area contributed by atoms with Gasteiger partial charge >= 0.3 is 26.2 Å². The number of hydrogen-bond donors (Lipinski definition) is 0. The molecule has 6 rings (SSSR count). The maximum absolute atomic E-state index is 2.67. The van der Waals surface area contributed by atoms with Gasteiger partial charge < -0.3 is 24.8 Å². The second-order valence-electron chi connectivity index (χ2n) is 13.0. The van der Waals surface area contributed by atoms with Crippen molar-refractivity contribution in [1.29, 1.82) is 0 Å². The summed E-state index contributed by atoms with van der Waals surface area (Å²) in [4.78, 5) is 0. The molecule has 4 heteroatoms. The van der Waals surface area contributed by atoms with E-state index in [0.29, 0.717) is 11.1 Å². The third-order valence-electron chi connectivity index (χ3n) is 9.56. The molecule has 0 amide bonds. The Bertz CT molecular complexity index is 1530. The molecule has 0 heterocycles. The molecule has 0 aromatic heterocycles. The van der Waals surface area contributed by atoms with E-state index in [1.807, 2.05) is 0 Å². The van der Waals surface area contributed by atoms with Crippen LogP contribution in [0.5, 0.6) is 0 Å². The molecule has 2 atom stereocenters. The molecular formula is C40H44Cl2SiZr. The minimum absolute atomic E-state index is 0. The van der Waals surface area contributed by atoms with Gasteiger partial charge in [0.25, 0.3) is 0 Å². The molecule has 0 spiro atoms. The number of allylic oxidation sites excluding steroid dienone is 2. The first-order chi connectivity index (χ1) is 19.8. The number of benzene rings is 4. The normalized spacial score (nSPS) is 16.5. The Hall–Kier alpha value is -1.96. The quantitative estimate of drug-likeness (QED) is 0.214. The van der Waals surface area contributed by atoms with Gasteiger partial charge in [-0.25, -0.2) is 0 Å². The van der Waals surface area contributed by atoms with Crippen LogP contribution in [0.4, 0.5) is 0 Å². The summed E-state index contributed by atoms with van der Waals surface area (Å²) in [5, 5.41) is 0. The van der Waals surface area contributed by atoms with Gasteiger partial charge in [-0.2, -0.15) is 0 Å². The van der Waals surface area contributed by atoms with Gasteiger partial charge in [-0.1, -0.05) is 148 Å². The van der Waals surface area contributed by atoms with Crippen molar-refractivity contribution < 1.29 is 51.0 Å². The van der Waals surface area contributed by atoms with E-state index in [0.717, 1.165) is 12.8 Å². The molecule has 0 nitrogen and oxygen atoms in total. The van der Waals surface area contributed by atoms with Gasteiger partial charge in [0.1, 0.15) is 0 Å². The fourth-order valence-electron chi connectivity index (χ4n) is 8.11. The summed E-state index contributed by atoms with van der Waals surface area (Å²) in [6, 6.07) is 32.2. The maximum Gasteiger partial charge on any atom is 2.00 e. The zero-order valence-corrected chi connectivity index (χ0v) is 31.9. The number of rotatable bonds is 8. The Labute approximate surface area is 298 Å². The molecule has 2 aliphatic carbocycles. The first-order valence-electron chi connectivity index (χ1n) is 15.6. The Balaban J connectivity index is 0.00000176. The van der Waals surface area contributed by atoms with E-state index < -0.39 is 8.07 Å². The summed E-state index contributed by atoms with van der Waals surface area (Å²) < 4.78 is 0. The number of aryl methyl sites for hydroxylation is 2. The predicted octanol–water partition coefficient (Wildman–Crippen LogP) is 5.42. The Kier molecular flexibility index (Phi) is 12.5. The fraction of sp³-hybridized carbons (Fsp3) is 0.300. The van der Waals surface area contributed by atoms with Gasteiger partial charge in [-0.15, -0.1) is 0 Å². The van der Waals surface area contributed by atoms with Crippen molar-refractivity contribution in [2.75, 3.05) is 0 Å². The first kappa shape index (κ1) is 36.5. The zero-order valence-electron chi connectivity index (χ0n) is 27.0. The van der Waals surface area contributed by atoms with E-state index in [1.54, 1.807) is 22.3 Å². The fourth-order valence-corrected chi connectivity index (χ4v) is 13.0. The third-order valence-corrected chi connectivity index (χ3v) is 14.1. The largest absolute Gasteiger partial charge is 2.00 e. The van der Waals surface area contributed by atoms with Crippen LogP contribution in [0.3, 0.4) is 0 Å². The zero-order chi connectivity index (χ0) is 28.7. The van der Waals surface area contributed by atoms with Crippen molar-refractivity contribution in [2.24, 2.45) is 0 Å². The molecule has 0 aliphatic heterocycles. The molecule has 226 valence electrons. The van der Waals surface area contributed by atoms with Crippen molar-refractivity contribution in [2.45, 2.75) is 77.6 Å². The molecule has 2 unspecified atom stereocenters. The van der Waals surface area contributed by atoms with Gasteiger partial charge in [-0.05, 0) is 82.3 Å². The van der Waals surface area contributed by atoms with Crippen molar-refractivity contribution in [3.8, 4) is 22.3 Å². The molecule has 2 aliphatic rings. The van der Waals surface area contributed by atoms with E-state index in [9.17, 15) is 0 Å². The molecule has 0 radical (unpaired) electrons. The van der Waals surface area contributed by atoms with Crippen LogP contribution in [0.2, 0.25) is 13.1 Å². The minimum atomic E-state index is -1.94. The topological polar surface area (TPSA) is 0 Å². The van der Waals surface area contributed by atoms with Crippen LogP contribution >= 0.6 is 0 Å². The summed E-state index contributed by atoms with van der Waals surface area (Å²) in [5.41, 5.74) is 18.7. The van der Waals surface area contributed by atoms with E-state index in [1.165, 1.54) is 57.3 Å².